The highest BCUT2D eigenvalue weighted by Gasteiger charge is 2.21. The fourth-order valence-corrected chi connectivity index (χ4v) is 6.04. The Morgan fingerprint density at radius 3 is 1.42 bits per heavy atom. The van der Waals surface area contributed by atoms with Crippen LogP contribution < -0.4 is 9.80 Å². The number of anilines is 2. The van der Waals surface area contributed by atoms with E-state index in [0.29, 0.717) is 0 Å². The van der Waals surface area contributed by atoms with Gasteiger partial charge in [-0.05, 0) is 68.0 Å². The number of aromatic nitrogens is 2. The van der Waals surface area contributed by atoms with E-state index in [4.69, 9.17) is 23.2 Å². The van der Waals surface area contributed by atoms with E-state index in [1.807, 2.05) is 36.7 Å². The van der Waals surface area contributed by atoms with Crippen LogP contribution in [0.1, 0.15) is 6.42 Å². The number of fused-ring (bicyclic) bond motifs is 2. The van der Waals surface area contributed by atoms with Crippen LogP contribution in [0.5, 0.6) is 0 Å². The second-order valence-corrected chi connectivity index (χ2v) is 10.9. The van der Waals surface area contributed by atoms with E-state index in [2.05, 4.69) is 53.8 Å². The van der Waals surface area contributed by atoms with Gasteiger partial charge in [-0.1, -0.05) is 23.2 Å². The van der Waals surface area contributed by atoms with Crippen molar-refractivity contribution in [1.29, 1.82) is 0 Å². The highest BCUT2D eigenvalue weighted by Crippen LogP contribution is 2.29. The maximum atomic E-state index is 6.17. The van der Waals surface area contributed by atoms with Gasteiger partial charge in [0, 0.05) is 96.9 Å². The largest absolute Gasteiger partial charge is 0.368 e. The number of hydrogen-bond donors (Lipinski definition) is 0. The van der Waals surface area contributed by atoms with Crippen molar-refractivity contribution in [2.24, 2.45) is 0 Å². The van der Waals surface area contributed by atoms with E-state index in [1.165, 1.54) is 28.6 Å². The number of pyridine rings is 2. The Balaban J connectivity index is 0.00000294. The lowest BCUT2D eigenvalue weighted by molar-refractivity contribution is 0.213. The summed E-state index contributed by atoms with van der Waals surface area (Å²) in [5.41, 5.74) is 4.47. The van der Waals surface area contributed by atoms with Crippen LogP contribution in [0.2, 0.25) is 10.0 Å². The molecule has 6 nitrogen and oxygen atoms in total. The molecule has 2 aliphatic rings. The highest BCUT2D eigenvalue weighted by atomic mass is 35.5. The molecule has 9 heteroatoms. The van der Waals surface area contributed by atoms with Crippen molar-refractivity contribution < 1.29 is 0 Å². The smallest absolute Gasteiger partial charge is 0.0737 e. The van der Waals surface area contributed by atoms with Crippen molar-refractivity contribution in [3.63, 3.8) is 0 Å². The van der Waals surface area contributed by atoms with Crippen molar-refractivity contribution in [3.05, 3.63) is 71.0 Å². The lowest BCUT2D eigenvalue weighted by Gasteiger charge is -2.38. The maximum absolute atomic E-state index is 6.17. The topological polar surface area (TPSA) is 38.7 Å². The van der Waals surface area contributed by atoms with E-state index in [9.17, 15) is 0 Å². The Labute approximate surface area is 240 Å². The summed E-state index contributed by atoms with van der Waals surface area (Å²) in [6, 6.07) is 16.3. The third-order valence-electron chi connectivity index (χ3n) is 7.74. The van der Waals surface area contributed by atoms with E-state index in [1.54, 1.807) is 0 Å². The number of rotatable bonds is 6. The monoisotopic (exact) mass is 570 g/mol. The second-order valence-electron chi connectivity index (χ2n) is 9.99. The summed E-state index contributed by atoms with van der Waals surface area (Å²) in [6.45, 7) is 10.9. The Bertz CT molecular complexity index is 1280. The van der Waals surface area contributed by atoms with Gasteiger partial charge in [0.1, 0.15) is 0 Å². The molecule has 38 heavy (non-hydrogen) atoms. The minimum Gasteiger partial charge on any atom is -0.368 e. The molecule has 2 aromatic heterocycles. The van der Waals surface area contributed by atoms with Crippen LogP contribution in [0.25, 0.3) is 21.8 Å². The molecule has 0 radical (unpaired) electrons. The van der Waals surface area contributed by atoms with Gasteiger partial charge in [0.05, 0.1) is 11.0 Å². The Hall–Kier alpha value is -2.35. The van der Waals surface area contributed by atoms with Gasteiger partial charge in [-0.25, -0.2) is 0 Å². The van der Waals surface area contributed by atoms with Gasteiger partial charge in [0.2, 0.25) is 0 Å². The summed E-state index contributed by atoms with van der Waals surface area (Å²) in [5, 5.41) is 3.84. The zero-order chi connectivity index (χ0) is 25.2. The minimum absolute atomic E-state index is 0. The third-order valence-corrected chi connectivity index (χ3v) is 8.21. The van der Waals surface area contributed by atoms with Crippen LogP contribution in [-0.4, -0.2) is 85.2 Å². The van der Waals surface area contributed by atoms with Gasteiger partial charge in [0.25, 0.3) is 0 Å². The molecule has 0 saturated carbocycles. The average Bonchev–Trinajstić information content (AvgIpc) is 2.93. The minimum atomic E-state index is 0. The summed E-state index contributed by atoms with van der Waals surface area (Å²) in [6.07, 6.45) is 5.01. The van der Waals surface area contributed by atoms with Crippen LogP contribution in [0, 0.1) is 0 Å². The molecule has 4 heterocycles. The SMILES string of the molecule is Cl.Clc1ccc2c(N3CCN(CCCN4CCN(c5ccnc6cc(Cl)ccc56)CC4)CC3)ccnc2c1. The van der Waals surface area contributed by atoms with Crippen LogP contribution in [0.3, 0.4) is 0 Å². The molecule has 0 amide bonds. The molecule has 2 aromatic carbocycles. The molecular weight excluding hydrogens is 539 g/mol. The molecule has 0 unspecified atom stereocenters. The standard InChI is InChI=1S/C29H32Cl2N6.ClH/c30-22-2-4-24-26(20-22)32-8-6-28(24)36-16-12-34(13-17-36)10-1-11-35-14-18-37(19-15-35)29-7-9-33-27-21-23(31)3-5-25(27)29;/h2-9,20-21H,1,10-19H2;1H. The molecule has 6 rings (SSSR count). The number of benzene rings is 2. The van der Waals surface area contributed by atoms with E-state index >= 15 is 0 Å². The van der Waals surface area contributed by atoms with Crippen LogP contribution in [0.4, 0.5) is 11.4 Å². The first-order chi connectivity index (χ1) is 18.1. The summed E-state index contributed by atoms with van der Waals surface area (Å²) in [7, 11) is 0. The lowest BCUT2D eigenvalue weighted by Crippen LogP contribution is -2.48. The predicted octanol–water partition coefficient (Wildman–Crippen LogP) is 5.85. The molecule has 2 saturated heterocycles. The molecule has 2 fully saturated rings. The first-order valence-electron chi connectivity index (χ1n) is 13.2. The fraction of sp³-hybridized carbons (Fsp3) is 0.379. The first kappa shape index (κ1) is 27.2. The number of piperazine rings is 2. The molecule has 0 spiro atoms. The van der Waals surface area contributed by atoms with Gasteiger partial charge >= 0.3 is 0 Å². The van der Waals surface area contributed by atoms with Crippen molar-refractivity contribution in [1.82, 2.24) is 19.8 Å². The Kier molecular flexibility index (Phi) is 8.76. The van der Waals surface area contributed by atoms with Gasteiger partial charge < -0.3 is 9.80 Å². The molecule has 0 N–H and O–H groups in total. The average molecular weight is 572 g/mol. The number of halogens is 3. The van der Waals surface area contributed by atoms with E-state index in [-0.39, 0.29) is 12.4 Å². The Morgan fingerprint density at radius 1 is 0.579 bits per heavy atom. The summed E-state index contributed by atoms with van der Waals surface area (Å²) in [5.74, 6) is 0. The fourth-order valence-electron chi connectivity index (χ4n) is 5.71. The van der Waals surface area contributed by atoms with Gasteiger partial charge in [-0.3, -0.25) is 19.8 Å². The van der Waals surface area contributed by atoms with Crippen molar-refractivity contribution in [2.45, 2.75) is 6.42 Å². The molecule has 0 bridgehead atoms. The Morgan fingerprint density at radius 2 is 1.00 bits per heavy atom. The zero-order valence-electron chi connectivity index (χ0n) is 21.4. The van der Waals surface area contributed by atoms with Crippen molar-refractivity contribution in [3.8, 4) is 0 Å². The summed E-state index contributed by atoms with van der Waals surface area (Å²) < 4.78 is 0. The zero-order valence-corrected chi connectivity index (χ0v) is 23.7. The van der Waals surface area contributed by atoms with Gasteiger partial charge in [-0.15, -0.1) is 12.4 Å². The van der Waals surface area contributed by atoms with Crippen molar-refractivity contribution >= 4 is 68.8 Å². The maximum Gasteiger partial charge on any atom is 0.0737 e. The second kappa shape index (κ2) is 12.2. The van der Waals surface area contributed by atoms with Crippen LogP contribution in [-0.2, 0) is 0 Å². The lowest BCUT2D eigenvalue weighted by atomic mass is 10.1. The normalized spacial score (nSPS) is 17.2. The van der Waals surface area contributed by atoms with E-state index in [0.717, 1.165) is 86.5 Å². The first-order valence-corrected chi connectivity index (χ1v) is 13.9. The van der Waals surface area contributed by atoms with Crippen molar-refractivity contribution in [2.75, 3.05) is 75.2 Å². The molecule has 4 aromatic rings. The highest BCUT2D eigenvalue weighted by molar-refractivity contribution is 6.31. The molecule has 2 aliphatic heterocycles. The molecule has 0 aliphatic carbocycles. The van der Waals surface area contributed by atoms with Gasteiger partial charge in [-0.2, -0.15) is 0 Å². The molecule has 0 atom stereocenters. The molecule has 200 valence electrons. The summed E-state index contributed by atoms with van der Waals surface area (Å²) in [4.78, 5) is 19.2. The third kappa shape index (κ3) is 5.95. The van der Waals surface area contributed by atoms with Crippen LogP contribution >= 0.6 is 35.6 Å². The van der Waals surface area contributed by atoms with Crippen LogP contribution in [0.15, 0.2) is 60.9 Å². The summed E-state index contributed by atoms with van der Waals surface area (Å²) >= 11 is 12.3. The molecular formula is C29H33Cl3N6. The van der Waals surface area contributed by atoms with E-state index < -0.39 is 0 Å². The van der Waals surface area contributed by atoms with Gasteiger partial charge in [0.15, 0.2) is 0 Å². The number of hydrogen-bond acceptors (Lipinski definition) is 6. The number of nitrogens with zero attached hydrogens (tertiary/aromatic N) is 6. The quantitative estimate of drug-likeness (QED) is 0.289. The predicted molar refractivity (Wildman–Crippen MR) is 163 cm³/mol.